The Kier molecular flexibility index (Phi) is 9.64. The second-order valence-corrected chi connectivity index (χ2v) is 6.84. The number of halogens is 1. The molecule has 2 aromatic rings. The third kappa shape index (κ3) is 6.60. The van der Waals surface area contributed by atoms with Crippen LogP contribution < -0.4 is 22.2 Å². The van der Waals surface area contributed by atoms with Crippen molar-refractivity contribution in [3.8, 4) is 0 Å². The van der Waals surface area contributed by atoms with E-state index >= 15 is 0 Å². The van der Waals surface area contributed by atoms with Crippen LogP contribution in [0.4, 0.5) is 5.69 Å². The Bertz CT molecular complexity index is 783. The van der Waals surface area contributed by atoms with E-state index in [9.17, 15) is 9.59 Å². The van der Waals surface area contributed by atoms with Crippen LogP contribution in [0.3, 0.4) is 0 Å². The number of aromatic nitrogens is 1. The van der Waals surface area contributed by atoms with Gasteiger partial charge in [0.25, 0.3) is 0 Å². The lowest BCUT2D eigenvalue weighted by atomic mass is 10.2. The molecule has 0 radical (unpaired) electrons. The summed E-state index contributed by atoms with van der Waals surface area (Å²) in [7, 11) is 0. The maximum Gasteiger partial charge on any atom is 0.338 e. The van der Waals surface area contributed by atoms with E-state index in [0.717, 1.165) is 31.0 Å². The molecule has 0 fully saturated rings. The van der Waals surface area contributed by atoms with Gasteiger partial charge in [-0.25, -0.2) is 4.79 Å². The van der Waals surface area contributed by atoms with Gasteiger partial charge in [0.2, 0.25) is 0 Å². The van der Waals surface area contributed by atoms with Crippen LogP contribution in [-0.2, 0) is 4.74 Å². The molecule has 9 heteroatoms. The normalized spacial score (nSPS) is 10.9. The average molecular weight is 416 g/mol. The SMILES string of the molecule is CC[NH+](CC)CCOC(=O)c1ccc(N=Cc2sc(=O)[nH]c2S)cc1.[Cl-]. The van der Waals surface area contributed by atoms with Gasteiger partial charge in [-0.05, 0) is 38.1 Å². The van der Waals surface area contributed by atoms with Crippen molar-refractivity contribution in [3.63, 3.8) is 0 Å². The number of H-pyrrole nitrogens is 1. The molecule has 0 aliphatic carbocycles. The number of thiol groups is 1. The highest BCUT2D eigenvalue weighted by molar-refractivity contribution is 7.80. The van der Waals surface area contributed by atoms with Crippen LogP contribution in [0, 0.1) is 0 Å². The molecule has 6 nitrogen and oxygen atoms in total. The number of likely N-dealkylation sites (N-methyl/N-ethyl adjacent to an activating group) is 1. The van der Waals surface area contributed by atoms with E-state index in [0.29, 0.717) is 27.8 Å². The monoisotopic (exact) mass is 415 g/mol. The number of rotatable bonds is 8. The van der Waals surface area contributed by atoms with Gasteiger partial charge in [0.15, 0.2) is 0 Å². The number of carbonyl (C=O) groups excluding carboxylic acids is 1. The molecule has 1 aromatic carbocycles. The highest BCUT2D eigenvalue weighted by atomic mass is 35.5. The van der Waals surface area contributed by atoms with Gasteiger partial charge < -0.3 is 27.0 Å². The highest BCUT2D eigenvalue weighted by Crippen LogP contribution is 2.16. The summed E-state index contributed by atoms with van der Waals surface area (Å²) in [6.07, 6.45) is 1.57. The first-order valence-corrected chi connectivity index (χ1v) is 9.36. The predicted molar refractivity (Wildman–Crippen MR) is 103 cm³/mol. The molecule has 1 aromatic heterocycles. The molecule has 0 saturated heterocycles. The zero-order chi connectivity index (χ0) is 18.2. The average Bonchev–Trinajstić information content (AvgIpc) is 2.94. The number of hydrogen-bond acceptors (Lipinski definition) is 6. The Morgan fingerprint density at radius 2 is 1.96 bits per heavy atom. The van der Waals surface area contributed by atoms with Crippen LogP contribution in [0.25, 0.3) is 0 Å². The van der Waals surface area contributed by atoms with Gasteiger partial charge in [-0.2, -0.15) is 0 Å². The highest BCUT2D eigenvalue weighted by Gasteiger charge is 2.09. The van der Waals surface area contributed by atoms with Gasteiger partial charge in [0.1, 0.15) is 13.2 Å². The van der Waals surface area contributed by atoms with Gasteiger partial charge >= 0.3 is 10.8 Å². The number of nitrogens with zero attached hydrogens (tertiary/aromatic N) is 1. The van der Waals surface area contributed by atoms with Crippen molar-refractivity contribution in [1.82, 2.24) is 4.98 Å². The minimum Gasteiger partial charge on any atom is -1.00 e. The zero-order valence-electron chi connectivity index (χ0n) is 14.6. The molecule has 26 heavy (non-hydrogen) atoms. The van der Waals surface area contributed by atoms with Crippen molar-refractivity contribution in [1.29, 1.82) is 0 Å². The van der Waals surface area contributed by atoms with Gasteiger partial charge in [0, 0.05) is 6.21 Å². The summed E-state index contributed by atoms with van der Waals surface area (Å²) >= 11 is 5.21. The number of aliphatic imine (C=N–C) groups is 1. The molecule has 0 atom stereocenters. The van der Waals surface area contributed by atoms with E-state index in [1.807, 2.05) is 0 Å². The molecule has 0 spiro atoms. The van der Waals surface area contributed by atoms with E-state index in [4.69, 9.17) is 4.74 Å². The first-order valence-electron chi connectivity index (χ1n) is 8.10. The minimum absolute atomic E-state index is 0. The zero-order valence-corrected chi connectivity index (χ0v) is 17.1. The smallest absolute Gasteiger partial charge is 0.338 e. The van der Waals surface area contributed by atoms with E-state index in [1.165, 1.54) is 4.90 Å². The van der Waals surface area contributed by atoms with Crippen LogP contribution in [0.5, 0.6) is 0 Å². The van der Waals surface area contributed by atoms with Crippen molar-refractivity contribution in [2.24, 2.45) is 4.99 Å². The van der Waals surface area contributed by atoms with Crippen LogP contribution >= 0.6 is 24.0 Å². The Morgan fingerprint density at radius 3 is 2.50 bits per heavy atom. The fourth-order valence-corrected chi connectivity index (χ4v) is 3.19. The molecule has 2 N–H and O–H groups in total. The Hall–Kier alpha value is -1.61. The number of hydrogen-bond donors (Lipinski definition) is 3. The summed E-state index contributed by atoms with van der Waals surface area (Å²) in [5, 5.41) is 0.495. The Morgan fingerprint density at radius 1 is 1.31 bits per heavy atom. The molecule has 1 heterocycles. The summed E-state index contributed by atoms with van der Waals surface area (Å²) in [5.74, 6) is -0.330. The number of quaternary nitrogens is 1. The van der Waals surface area contributed by atoms with Crippen LogP contribution in [0.2, 0.25) is 0 Å². The Labute approximate surface area is 168 Å². The van der Waals surface area contributed by atoms with E-state index in [2.05, 4.69) is 36.5 Å². The lowest BCUT2D eigenvalue weighted by molar-refractivity contribution is -0.896. The van der Waals surface area contributed by atoms with Crippen LogP contribution in [0.15, 0.2) is 39.1 Å². The maximum absolute atomic E-state index is 12.0. The van der Waals surface area contributed by atoms with E-state index < -0.39 is 0 Å². The van der Waals surface area contributed by atoms with Crippen molar-refractivity contribution < 1.29 is 26.8 Å². The molecule has 0 aliphatic rings. The molecule has 0 bridgehead atoms. The fraction of sp³-hybridized carbons (Fsp3) is 0.353. The lowest BCUT2D eigenvalue weighted by Gasteiger charge is -2.14. The van der Waals surface area contributed by atoms with Crippen molar-refractivity contribution in [2.75, 3.05) is 26.2 Å². The largest absolute Gasteiger partial charge is 1.00 e. The molecular formula is C17H22ClN3O3S2. The number of nitrogens with one attached hydrogen (secondary N) is 2. The lowest BCUT2D eigenvalue weighted by Crippen LogP contribution is -3.11. The number of benzene rings is 1. The molecule has 0 amide bonds. The summed E-state index contributed by atoms with van der Waals surface area (Å²) in [6, 6.07) is 6.83. The fourth-order valence-electron chi connectivity index (χ4n) is 2.21. The summed E-state index contributed by atoms with van der Waals surface area (Å²) in [5.41, 5.74) is 1.17. The molecule has 0 unspecified atom stereocenters. The number of esters is 1. The quantitative estimate of drug-likeness (QED) is 0.281. The van der Waals surface area contributed by atoms with Crippen molar-refractivity contribution >= 4 is 41.8 Å². The van der Waals surface area contributed by atoms with E-state index in [-0.39, 0.29) is 23.2 Å². The van der Waals surface area contributed by atoms with E-state index in [1.54, 1.807) is 30.5 Å². The topological polar surface area (TPSA) is 76.0 Å². The first-order chi connectivity index (χ1) is 12.0. The maximum atomic E-state index is 12.0. The Balaban J connectivity index is 0.00000338. The molecule has 142 valence electrons. The van der Waals surface area contributed by atoms with Gasteiger partial charge in [0.05, 0.1) is 34.2 Å². The number of thiazole rings is 1. The second-order valence-electron chi connectivity index (χ2n) is 5.38. The molecule has 0 aliphatic heterocycles. The molecule has 0 saturated carbocycles. The standard InChI is InChI=1S/C17H21N3O3S2.ClH/c1-3-20(4-2)9-10-23-16(21)12-5-7-13(8-6-12)18-11-14-15(24)19-17(22)25-14;/h5-8,11,24H,3-4,9-10H2,1-2H3,(H,19,22);1H. The molecular weight excluding hydrogens is 394 g/mol. The van der Waals surface area contributed by atoms with Gasteiger partial charge in [-0.15, -0.1) is 12.6 Å². The van der Waals surface area contributed by atoms with Crippen molar-refractivity contribution in [2.45, 2.75) is 18.9 Å². The van der Waals surface area contributed by atoms with Gasteiger partial charge in [-0.3, -0.25) is 9.79 Å². The number of aromatic amines is 1. The predicted octanol–water partition coefficient (Wildman–Crippen LogP) is -1.44. The third-order valence-electron chi connectivity index (χ3n) is 3.78. The van der Waals surface area contributed by atoms with Gasteiger partial charge in [-0.1, -0.05) is 11.3 Å². The van der Waals surface area contributed by atoms with Crippen LogP contribution in [-0.4, -0.2) is 43.4 Å². The summed E-state index contributed by atoms with van der Waals surface area (Å²) < 4.78 is 5.30. The number of ether oxygens (including phenoxy) is 1. The second kappa shape index (κ2) is 11.2. The van der Waals surface area contributed by atoms with Crippen molar-refractivity contribution in [3.05, 3.63) is 44.4 Å². The number of carbonyl (C=O) groups is 1. The van der Waals surface area contributed by atoms with Crippen LogP contribution in [0.1, 0.15) is 29.1 Å². The molecule has 2 rings (SSSR count). The summed E-state index contributed by atoms with van der Waals surface area (Å²) in [6.45, 7) is 7.49. The third-order valence-corrected chi connectivity index (χ3v) is 5.10. The first kappa shape index (κ1) is 22.4. The summed E-state index contributed by atoms with van der Waals surface area (Å²) in [4.78, 5) is 32.0. The minimum atomic E-state index is -0.330.